The van der Waals surface area contributed by atoms with Gasteiger partial charge in [0.1, 0.15) is 12.4 Å². The second-order valence-electron chi connectivity index (χ2n) is 10.6. The summed E-state index contributed by atoms with van der Waals surface area (Å²) in [6.07, 6.45) is 12.7. The molecule has 1 aromatic carbocycles. The lowest BCUT2D eigenvalue weighted by Gasteiger charge is -2.09. The molecule has 0 aromatic heterocycles. The van der Waals surface area contributed by atoms with Crippen molar-refractivity contribution in [1.82, 2.24) is 0 Å². The standard InChI is InChI=1S/C35H64O9/c1-3-5-7-8-9-10-12-34-13-15-35(16-14-34)44-33-32-43-31-30-42-29-28-41-27-26-40-25-24-39-23-22-38-21-20-37-19-18-36-17-11-6-4-2/h13-16H,3-12,17-33H2,1-2H3. The smallest absolute Gasteiger partial charge is 0.119 e. The number of hydrogen-bond donors (Lipinski definition) is 0. The molecule has 0 spiro atoms. The quantitative estimate of drug-likeness (QED) is 0.0796. The largest absolute Gasteiger partial charge is 0.491 e. The van der Waals surface area contributed by atoms with Gasteiger partial charge in [-0.25, -0.2) is 0 Å². The molecule has 1 aromatic rings. The predicted molar refractivity (Wildman–Crippen MR) is 175 cm³/mol. The summed E-state index contributed by atoms with van der Waals surface area (Å²) in [7, 11) is 0. The van der Waals surface area contributed by atoms with Crippen LogP contribution in [-0.2, 0) is 44.3 Å². The van der Waals surface area contributed by atoms with Gasteiger partial charge in [-0.3, -0.25) is 0 Å². The van der Waals surface area contributed by atoms with E-state index in [9.17, 15) is 0 Å². The van der Waals surface area contributed by atoms with E-state index in [2.05, 4.69) is 38.1 Å². The summed E-state index contributed by atoms with van der Waals surface area (Å²) in [5.41, 5.74) is 1.38. The van der Waals surface area contributed by atoms with Crippen molar-refractivity contribution in [2.24, 2.45) is 0 Å². The molecule has 0 fully saturated rings. The third kappa shape index (κ3) is 29.4. The van der Waals surface area contributed by atoms with Crippen LogP contribution in [0.3, 0.4) is 0 Å². The molecule has 0 saturated heterocycles. The topological polar surface area (TPSA) is 83.1 Å². The van der Waals surface area contributed by atoms with Crippen molar-refractivity contribution in [3.05, 3.63) is 29.8 Å². The van der Waals surface area contributed by atoms with Gasteiger partial charge in [-0.05, 0) is 37.0 Å². The van der Waals surface area contributed by atoms with Crippen molar-refractivity contribution in [3.63, 3.8) is 0 Å². The average molecular weight is 629 g/mol. The fraction of sp³-hybridized carbons (Fsp3) is 0.829. The van der Waals surface area contributed by atoms with Crippen LogP contribution in [-0.4, -0.2) is 112 Å². The van der Waals surface area contributed by atoms with E-state index < -0.39 is 0 Å². The number of ether oxygens (including phenoxy) is 9. The molecule has 0 aliphatic heterocycles. The molecule has 0 atom stereocenters. The summed E-state index contributed by atoms with van der Waals surface area (Å²) in [5.74, 6) is 0.891. The zero-order chi connectivity index (χ0) is 31.4. The normalized spacial score (nSPS) is 11.4. The van der Waals surface area contributed by atoms with Crippen LogP contribution >= 0.6 is 0 Å². The molecule has 0 amide bonds. The van der Waals surface area contributed by atoms with Gasteiger partial charge in [-0.1, -0.05) is 70.9 Å². The van der Waals surface area contributed by atoms with E-state index in [4.69, 9.17) is 42.6 Å². The zero-order valence-corrected chi connectivity index (χ0v) is 28.1. The van der Waals surface area contributed by atoms with E-state index in [0.717, 1.165) is 25.2 Å². The molecular weight excluding hydrogens is 564 g/mol. The highest BCUT2D eigenvalue weighted by Crippen LogP contribution is 2.15. The Balaban J connectivity index is 1.71. The molecule has 0 bridgehead atoms. The predicted octanol–water partition coefficient (Wildman–Crippen LogP) is 6.29. The van der Waals surface area contributed by atoms with Crippen LogP contribution in [0.4, 0.5) is 0 Å². The molecular formula is C35H64O9. The van der Waals surface area contributed by atoms with Gasteiger partial charge in [-0.2, -0.15) is 0 Å². The Hall–Kier alpha value is -1.30. The summed E-state index contributed by atoms with van der Waals surface area (Å²) < 4.78 is 49.8. The average Bonchev–Trinajstić information content (AvgIpc) is 3.04. The summed E-state index contributed by atoms with van der Waals surface area (Å²) >= 11 is 0. The Morgan fingerprint density at radius 2 is 0.682 bits per heavy atom. The fourth-order valence-electron chi connectivity index (χ4n) is 4.18. The molecule has 258 valence electrons. The third-order valence-electron chi connectivity index (χ3n) is 6.74. The van der Waals surface area contributed by atoms with Crippen molar-refractivity contribution in [2.75, 3.05) is 112 Å². The highest BCUT2D eigenvalue weighted by atomic mass is 16.6. The van der Waals surface area contributed by atoms with Crippen molar-refractivity contribution in [3.8, 4) is 5.75 Å². The van der Waals surface area contributed by atoms with Crippen molar-refractivity contribution < 1.29 is 42.6 Å². The number of aryl methyl sites for hydroxylation is 1. The maximum Gasteiger partial charge on any atom is 0.119 e. The van der Waals surface area contributed by atoms with Crippen LogP contribution in [0, 0.1) is 0 Å². The van der Waals surface area contributed by atoms with Gasteiger partial charge in [0.05, 0.1) is 99.1 Å². The minimum Gasteiger partial charge on any atom is -0.491 e. The Kier molecular flexibility index (Phi) is 32.0. The van der Waals surface area contributed by atoms with Crippen LogP contribution in [0.5, 0.6) is 5.75 Å². The molecule has 9 nitrogen and oxygen atoms in total. The van der Waals surface area contributed by atoms with Gasteiger partial charge >= 0.3 is 0 Å². The van der Waals surface area contributed by atoms with Crippen LogP contribution in [0.1, 0.15) is 77.2 Å². The van der Waals surface area contributed by atoms with Crippen LogP contribution in [0.15, 0.2) is 24.3 Å². The summed E-state index contributed by atoms with van der Waals surface area (Å²) in [6.45, 7) is 14.1. The molecule has 1 rings (SSSR count). The first-order valence-electron chi connectivity index (χ1n) is 17.2. The minimum absolute atomic E-state index is 0.532. The third-order valence-corrected chi connectivity index (χ3v) is 6.74. The number of hydrogen-bond acceptors (Lipinski definition) is 9. The Morgan fingerprint density at radius 3 is 1.11 bits per heavy atom. The van der Waals surface area contributed by atoms with Gasteiger partial charge in [0.25, 0.3) is 0 Å². The first-order valence-corrected chi connectivity index (χ1v) is 17.2. The lowest BCUT2D eigenvalue weighted by atomic mass is 10.0. The highest BCUT2D eigenvalue weighted by Gasteiger charge is 1.99. The monoisotopic (exact) mass is 628 g/mol. The minimum atomic E-state index is 0.532. The molecule has 0 unspecified atom stereocenters. The van der Waals surface area contributed by atoms with E-state index >= 15 is 0 Å². The lowest BCUT2D eigenvalue weighted by Crippen LogP contribution is -2.15. The molecule has 44 heavy (non-hydrogen) atoms. The molecule has 0 aliphatic carbocycles. The maximum atomic E-state index is 5.77. The molecule has 0 aliphatic rings. The molecule has 0 radical (unpaired) electrons. The van der Waals surface area contributed by atoms with Crippen LogP contribution in [0.25, 0.3) is 0 Å². The fourth-order valence-corrected chi connectivity index (χ4v) is 4.18. The van der Waals surface area contributed by atoms with E-state index in [-0.39, 0.29) is 0 Å². The molecule has 0 saturated carbocycles. The number of unbranched alkanes of at least 4 members (excludes halogenated alkanes) is 7. The highest BCUT2D eigenvalue weighted by molar-refractivity contribution is 5.27. The van der Waals surface area contributed by atoms with Crippen molar-refractivity contribution in [1.29, 1.82) is 0 Å². The maximum absolute atomic E-state index is 5.77. The van der Waals surface area contributed by atoms with E-state index in [1.54, 1.807) is 0 Å². The van der Waals surface area contributed by atoms with Crippen molar-refractivity contribution >= 4 is 0 Å². The SMILES string of the molecule is CCCCCCCCc1ccc(OCCOCCOCCOCCOCCOCCOCCOCCOCCCCC)cc1. The summed E-state index contributed by atoms with van der Waals surface area (Å²) in [6, 6.07) is 8.45. The first kappa shape index (κ1) is 40.7. The second kappa shape index (κ2) is 34.6. The van der Waals surface area contributed by atoms with E-state index in [0.29, 0.717) is 106 Å². The van der Waals surface area contributed by atoms with Gasteiger partial charge in [0.15, 0.2) is 0 Å². The summed E-state index contributed by atoms with van der Waals surface area (Å²) in [5, 5.41) is 0. The number of rotatable bonds is 36. The lowest BCUT2D eigenvalue weighted by molar-refractivity contribution is -0.0236. The Morgan fingerprint density at radius 1 is 0.341 bits per heavy atom. The molecule has 0 heterocycles. The van der Waals surface area contributed by atoms with Gasteiger partial charge < -0.3 is 42.6 Å². The van der Waals surface area contributed by atoms with E-state index in [1.165, 1.54) is 56.9 Å². The van der Waals surface area contributed by atoms with E-state index in [1.807, 2.05) is 0 Å². The molecule has 9 heteroatoms. The van der Waals surface area contributed by atoms with Crippen molar-refractivity contribution in [2.45, 2.75) is 78.1 Å². The molecule has 0 N–H and O–H groups in total. The Labute approximate surface area is 268 Å². The Bertz CT molecular complexity index is 675. The summed E-state index contributed by atoms with van der Waals surface area (Å²) in [4.78, 5) is 0. The van der Waals surface area contributed by atoms with Gasteiger partial charge in [-0.15, -0.1) is 0 Å². The second-order valence-corrected chi connectivity index (χ2v) is 10.6. The van der Waals surface area contributed by atoms with Gasteiger partial charge in [0, 0.05) is 6.61 Å². The first-order chi connectivity index (χ1) is 21.9. The van der Waals surface area contributed by atoms with Crippen LogP contribution in [0.2, 0.25) is 0 Å². The van der Waals surface area contributed by atoms with Crippen LogP contribution < -0.4 is 4.74 Å². The zero-order valence-electron chi connectivity index (χ0n) is 28.1. The van der Waals surface area contributed by atoms with Gasteiger partial charge in [0.2, 0.25) is 0 Å². The number of benzene rings is 1.